The van der Waals surface area contributed by atoms with Gasteiger partial charge in [0.1, 0.15) is 5.82 Å². The fourth-order valence-corrected chi connectivity index (χ4v) is 4.54. The highest BCUT2D eigenvalue weighted by molar-refractivity contribution is 5.80. The Labute approximate surface area is 157 Å². The Bertz CT molecular complexity index is 804. The number of aryl methyl sites for hydroxylation is 1. The maximum atomic E-state index is 13.5. The fourth-order valence-electron chi connectivity index (χ4n) is 4.54. The SMILES string of the molecule is Cc1cc(F)ccc1C1C2=CN(C(=O)CN3CCCC3)CC2CN1C(=O)O. The number of carboxylic acid groups (broad SMARTS) is 1. The third-order valence-corrected chi connectivity index (χ3v) is 5.89. The summed E-state index contributed by atoms with van der Waals surface area (Å²) in [7, 11) is 0. The van der Waals surface area contributed by atoms with Crippen LogP contribution in [0.25, 0.3) is 0 Å². The molecule has 0 saturated carbocycles. The van der Waals surface area contributed by atoms with E-state index in [1.54, 1.807) is 17.9 Å². The molecule has 1 aromatic rings. The van der Waals surface area contributed by atoms with E-state index in [0.29, 0.717) is 19.6 Å². The zero-order chi connectivity index (χ0) is 19.1. The average molecular weight is 373 g/mol. The van der Waals surface area contributed by atoms with Crippen molar-refractivity contribution in [2.75, 3.05) is 32.7 Å². The number of fused-ring (bicyclic) bond motifs is 1. The van der Waals surface area contributed by atoms with Gasteiger partial charge in [0.15, 0.2) is 0 Å². The van der Waals surface area contributed by atoms with Crippen molar-refractivity contribution in [3.05, 3.63) is 46.9 Å². The molecule has 0 spiro atoms. The Kier molecular flexibility index (Phi) is 4.63. The van der Waals surface area contributed by atoms with E-state index in [0.717, 1.165) is 42.6 Å². The Morgan fingerprint density at radius 1 is 1.22 bits per heavy atom. The smallest absolute Gasteiger partial charge is 0.408 e. The van der Waals surface area contributed by atoms with Crippen molar-refractivity contribution in [2.24, 2.45) is 5.92 Å². The lowest BCUT2D eigenvalue weighted by molar-refractivity contribution is -0.129. The summed E-state index contributed by atoms with van der Waals surface area (Å²) in [5.41, 5.74) is 2.43. The van der Waals surface area contributed by atoms with Crippen LogP contribution in [0.5, 0.6) is 0 Å². The summed E-state index contributed by atoms with van der Waals surface area (Å²) < 4.78 is 13.5. The van der Waals surface area contributed by atoms with E-state index in [1.807, 2.05) is 6.20 Å². The summed E-state index contributed by atoms with van der Waals surface area (Å²) in [5, 5.41) is 9.65. The van der Waals surface area contributed by atoms with E-state index in [-0.39, 0.29) is 17.6 Å². The molecule has 1 N–H and O–H groups in total. The molecule has 4 rings (SSSR count). The molecule has 27 heavy (non-hydrogen) atoms. The molecular weight excluding hydrogens is 349 g/mol. The number of nitrogens with zero attached hydrogens (tertiary/aromatic N) is 3. The topological polar surface area (TPSA) is 64.1 Å². The quantitative estimate of drug-likeness (QED) is 0.885. The van der Waals surface area contributed by atoms with Crippen molar-refractivity contribution in [1.29, 1.82) is 0 Å². The predicted octanol–water partition coefficient (Wildman–Crippen LogP) is 2.61. The highest BCUT2D eigenvalue weighted by Gasteiger charge is 2.45. The van der Waals surface area contributed by atoms with Gasteiger partial charge in [0.2, 0.25) is 5.91 Å². The third kappa shape index (κ3) is 3.32. The molecule has 144 valence electrons. The van der Waals surface area contributed by atoms with E-state index in [2.05, 4.69) is 4.90 Å². The zero-order valence-electron chi connectivity index (χ0n) is 15.4. The Morgan fingerprint density at radius 2 is 1.96 bits per heavy atom. The molecule has 0 radical (unpaired) electrons. The van der Waals surface area contributed by atoms with Gasteiger partial charge < -0.3 is 10.0 Å². The molecule has 1 aromatic carbocycles. The van der Waals surface area contributed by atoms with Crippen molar-refractivity contribution in [3.63, 3.8) is 0 Å². The van der Waals surface area contributed by atoms with E-state index < -0.39 is 12.1 Å². The van der Waals surface area contributed by atoms with Crippen LogP contribution in [0.1, 0.15) is 30.0 Å². The van der Waals surface area contributed by atoms with Crippen LogP contribution in [0.2, 0.25) is 0 Å². The molecule has 2 saturated heterocycles. The first-order chi connectivity index (χ1) is 12.9. The van der Waals surface area contributed by atoms with Gasteiger partial charge in [0.05, 0.1) is 12.6 Å². The van der Waals surface area contributed by atoms with Crippen molar-refractivity contribution in [3.8, 4) is 0 Å². The van der Waals surface area contributed by atoms with Crippen molar-refractivity contribution < 1.29 is 19.1 Å². The maximum absolute atomic E-state index is 13.5. The van der Waals surface area contributed by atoms with Crippen LogP contribution in [0.4, 0.5) is 9.18 Å². The molecule has 2 fully saturated rings. The van der Waals surface area contributed by atoms with Gasteiger partial charge in [-0.2, -0.15) is 0 Å². The van der Waals surface area contributed by atoms with Gasteiger partial charge in [-0.25, -0.2) is 9.18 Å². The molecule has 7 heteroatoms. The second-order valence-electron chi connectivity index (χ2n) is 7.69. The van der Waals surface area contributed by atoms with Gasteiger partial charge in [0.25, 0.3) is 0 Å². The number of likely N-dealkylation sites (tertiary alicyclic amines) is 2. The Morgan fingerprint density at radius 3 is 2.63 bits per heavy atom. The number of benzene rings is 1. The first-order valence-corrected chi connectivity index (χ1v) is 9.43. The Balaban J connectivity index is 1.60. The number of rotatable bonds is 3. The number of amides is 2. The third-order valence-electron chi connectivity index (χ3n) is 5.89. The van der Waals surface area contributed by atoms with Gasteiger partial charge in [-0.1, -0.05) is 6.07 Å². The summed E-state index contributed by atoms with van der Waals surface area (Å²) >= 11 is 0. The predicted molar refractivity (Wildman–Crippen MR) is 97.6 cm³/mol. The molecule has 0 aromatic heterocycles. The fraction of sp³-hybridized carbons (Fsp3) is 0.500. The minimum atomic E-state index is -0.992. The first kappa shape index (κ1) is 18.0. The maximum Gasteiger partial charge on any atom is 0.408 e. The summed E-state index contributed by atoms with van der Waals surface area (Å²) in [6.45, 7) is 5.00. The zero-order valence-corrected chi connectivity index (χ0v) is 15.4. The molecule has 6 nitrogen and oxygen atoms in total. The van der Waals surface area contributed by atoms with Crippen LogP contribution < -0.4 is 0 Å². The van der Waals surface area contributed by atoms with E-state index in [1.165, 1.54) is 17.0 Å². The summed E-state index contributed by atoms with van der Waals surface area (Å²) in [4.78, 5) is 29.7. The van der Waals surface area contributed by atoms with Crippen molar-refractivity contribution in [2.45, 2.75) is 25.8 Å². The number of carbonyl (C=O) groups excluding carboxylic acids is 1. The van der Waals surface area contributed by atoms with Crippen LogP contribution in [0, 0.1) is 18.7 Å². The van der Waals surface area contributed by atoms with Crippen molar-refractivity contribution >= 4 is 12.0 Å². The van der Waals surface area contributed by atoms with Gasteiger partial charge in [-0.05, 0) is 61.7 Å². The molecule has 3 aliphatic rings. The van der Waals surface area contributed by atoms with Crippen LogP contribution in [-0.4, -0.2) is 64.5 Å². The lowest BCUT2D eigenvalue weighted by Crippen LogP contribution is -2.38. The van der Waals surface area contributed by atoms with Crippen LogP contribution in [-0.2, 0) is 4.79 Å². The van der Waals surface area contributed by atoms with Crippen LogP contribution in [0.3, 0.4) is 0 Å². The molecular formula is C20H24FN3O3. The summed E-state index contributed by atoms with van der Waals surface area (Å²) in [6, 6.07) is 3.98. The highest BCUT2D eigenvalue weighted by Crippen LogP contribution is 2.44. The molecule has 0 aliphatic carbocycles. The van der Waals surface area contributed by atoms with Crippen LogP contribution in [0.15, 0.2) is 30.0 Å². The lowest BCUT2D eigenvalue weighted by Gasteiger charge is -2.25. The monoisotopic (exact) mass is 373 g/mol. The first-order valence-electron chi connectivity index (χ1n) is 9.43. The van der Waals surface area contributed by atoms with Gasteiger partial charge in [-0.15, -0.1) is 0 Å². The lowest BCUT2D eigenvalue weighted by atomic mass is 9.93. The van der Waals surface area contributed by atoms with E-state index in [4.69, 9.17) is 0 Å². The van der Waals surface area contributed by atoms with E-state index in [9.17, 15) is 19.1 Å². The second kappa shape index (κ2) is 6.96. The summed E-state index contributed by atoms with van der Waals surface area (Å²) in [5.74, 6) is -0.274. The standard InChI is InChI=1S/C20H24FN3O3/c1-13-8-15(21)4-5-16(13)19-17-11-23(9-14(17)10-24(19)20(26)27)18(25)12-22-6-2-3-7-22/h4-5,8,11,14,19H,2-3,6-7,9-10,12H2,1H3,(H,26,27). The number of hydrogen-bond acceptors (Lipinski definition) is 3. The molecule has 2 unspecified atom stereocenters. The molecule has 2 amide bonds. The number of carbonyl (C=O) groups is 2. The van der Waals surface area contributed by atoms with E-state index >= 15 is 0 Å². The van der Waals surface area contributed by atoms with Crippen LogP contribution >= 0.6 is 0 Å². The number of hydrogen-bond donors (Lipinski definition) is 1. The second-order valence-corrected chi connectivity index (χ2v) is 7.69. The highest BCUT2D eigenvalue weighted by atomic mass is 19.1. The molecule has 3 aliphatic heterocycles. The molecule has 2 atom stereocenters. The average Bonchev–Trinajstić information content (AvgIpc) is 3.30. The van der Waals surface area contributed by atoms with Gasteiger partial charge in [0, 0.05) is 25.2 Å². The van der Waals surface area contributed by atoms with Crippen molar-refractivity contribution in [1.82, 2.24) is 14.7 Å². The number of halogens is 1. The Hall–Kier alpha value is -2.41. The molecule has 3 heterocycles. The van der Waals surface area contributed by atoms with Gasteiger partial charge >= 0.3 is 6.09 Å². The van der Waals surface area contributed by atoms with Gasteiger partial charge in [-0.3, -0.25) is 14.6 Å². The normalized spacial score (nSPS) is 25.0. The minimum Gasteiger partial charge on any atom is -0.465 e. The largest absolute Gasteiger partial charge is 0.465 e. The molecule has 0 bridgehead atoms. The summed E-state index contributed by atoms with van der Waals surface area (Å²) in [6.07, 6.45) is 3.11. The minimum absolute atomic E-state index is 0.00178.